The number of halogens is 2. The molecular formula is C20H22F2N4O2. The third kappa shape index (κ3) is 4.45. The summed E-state index contributed by atoms with van der Waals surface area (Å²) in [5, 5.41) is 7.33. The molecule has 3 aromatic rings. The highest BCUT2D eigenvalue weighted by Crippen LogP contribution is 2.25. The molecule has 8 heteroatoms. The minimum Gasteiger partial charge on any atom is -0.488 e. The predicted molar refractivity (Wildman–Crippen MR) is 102 cm³/mol. The van der Waals surface area contributed by atoms with Gasteiger partial charge in [-0.3, -0.25) is 0 Å². The van der Waals surface area contributed by atoms with Crippen molar-refractivity contribution in [2.45, 2.75) is 25.9 Å². The Balaban J connectivity index is 0.00000240. The second-order valence-electron chi connectivity index (χ2n) is 6.76. The quantitative estimate of drug-likeness (QED) is 0.702. The lowest BCUT2D eigenvalue weighted by Gasteiger charge is -2.23. The fourth-order valence-electron chi connectivity index (χ4n) is 3.13. The zero-order chi connectivity index (χ0) is 19.5. The summed E-state index contributed by atoms with van der Waals surface area (Å²) in [4.78, 5) is 4.16. The van der Waals surface area contributed by atoms with Crippen molar-refractivity contribution in [3.05, 3.63) is 59.9 Å². The average Bonchev–Trinajstić information content (AvgIpc) is 3.10. The van der Waals surface area contributed by atoms with Gasteiger partial charge in [0.1, 0.15) is 29.8 Å². The number of hydrogen-bond donors (Lipinski definition) is 1. The van der Waals surface area contributed by atoms with Crippen molar-refractivity contribution in [1.82, 2.24) is 14.8 Å². The van der Waals surface area contributed by atoms with E-state index < -0.39 is 11.6 Å². The highest BCUT2D eigenvalue weighted by Gasteiger charge is 2.16. The molecule has 1 N–H and O–H groups in total. The first kappa shape index (κ1) is 18.4. The fourth-order valence-corrected chi connectivity index (χ4v) is 3.13. The van der Waals surface area contributed by atoms with Crippen LogP contribution in [-0.2, 0) is 4.74 Å². The van der Waals surface area contributed by atoms with Crippen LogP contribution in [0.5, 0.6) is 5.75 Å². The minimum atomic E-state index is -0.674. The Labute approximate surface area is 162 Å². The molecule has 1 unspecified atom stereocenters. The molecule has 0 radical (unpaired) electrons. The summed E-state index contributed by atoms with van der Waals surface area (Å²) in [7, 11) is 0. The van der Waals surface area contributed by atoms with Crippen molar-refractivity contribution in [2.75, 3.05) is 18.5 Å². The third-order valence-electron chi connectivity index (χ3n) is 4.33. The maximum absolute atomic E-state index is 13.4. The Hall–Kier alpha value is -3.00. The SMILES string of the molecule is Cc1cc(Nc2ncn(-c3cc(F)cc(F)c3)n2)cc(OC2CCCOC2)c1.[HH]. The van der Waals surface area contributed by atoms with E-state index in [1.165, 1.54) is 23.1 Å². The van der Waals surface area contributed by atoms with Crippen molar-refractivity contribution in [1.29, 1.82) is 0 Å². The van der Waals surface area contributed by atoms with E-state index in [9.17, 15) is 8.78 Å². The van der Waals surface area contributed by atoms with E-state index in [4.69, 9.17) is 9.47 Å². The van der Waals surface area contributed by atoms with Gasteiger partial charge in [-0.1, -0.05) is 0 Å². The third-order valence-corrected chi connectivity index (χ3v) is 4.33. The molecule has 0 saturated carbocycles. The van der Waals surface area contributed by atoms with Gasteiger partial charge in [0.15, 0.2) is 0 Å². The van der Waals surface area contributed by atoms with Crippen LogP contribution >= 0.6 is 0 Å². The Bertz CT molecular complexity index is 957. The van der Waals surface area contributed by atoms with E-state index in [1.807, 2.05) is 25.1 Å². The molecule has 0 spiro atoms. The standard InChI is InChI=1S/C20H20F2N4O2.H2/c1-13-5-16(10-19(6-13)28-18-3-2-4-27-11-18)24-20-23-12-26(25-20)17-8-14(21)7-15(22)9-17;/h5-10,12,18H,2-4,11H2,1H3,(H,24,25);1H. The number of aryl methyl sites for hydroxylation is 1. The van der Waals surface area contributed by atoms with Gasteiger partial charge in [0.05, 0.1) is 12.3 Å². The van der Waals surface area contributed by atoms with E-state index in [0.717, 1.165) is 42.5 Å². The first-order valence-corrected chi connectivity index (χ1v) is 9.06. The zero-order valence-electron chi connectivity index (χ0n) is 15.4. The highest BCUT2D eigenvalue weighted by molar-refractivity contribution is 5.57. The normalized spacial score (nSPS) is 16.8. The number of nitrogens with one attached hydrogen (secondary N) is 1. The first-order chi connectivity index (χ1) is 13.5. The Morgan fingerprint density at radius 3 is 2.75 bits per heavy atom. The second kappa shape index (κ2) is 7.93. The summed E-state index contributed by atoms with van der Waals surface area (Å²) in [6.07, 6.45) is 3.39. The smallest absolute Gasteiger partial charge is 0.246 e. The van der Waals surface area contributed by atoms with E-state index in [-0.39, 0.29) is 13.2 Å². The molecule has 0 aliphatic carbocycles. The van der Waals surface area contributed by atoms with Crippen molar-refractivity contribution in [3.8, 4) is 11.4 Å². The van der Waals surface area contributed by atoms with E-state index in [1.54, 1.807) is 0 Å². The lowest BCUT2D eigenvalue weighted by Crippen LogP contribution is -2.28. The first-order valence-electron chi connectivity index (χ1n) is 9.06. The van der Waals surface area contributed by atoms with E-state index in [2.05, 4.69) is 15.4 Å². The van der Waals surface area contributed by atoms with Gasteiger partial charge in [-0.15, -0.1) is 5.10 Å². The molecule has 1 aromatic heterocycles. The number of aromatic nitrogens is 3. The molecule has 0 amide bonds. The van der Waals surface area contributed by atoms with Crippen molar-refractivity contribution in [2.24, 2.45) is 0 Å². The molecule has 1 aliphatic heterocycles. The van der Waals surface area contributed by atoms with Gasteiger partial charge < -0.3 is 14.8 Å². The van der Waals surface area contributed by atoms with Crippen LogP contribution in [0.15, 0.2) is 42.7 Å². The van der Waals surface area contributed by atoms with E-state index >= 15 is 0 Å². The Kier molecular flexibility index (Phi) is 5.21. The molecule has 6 nitrogen and oxygen atoms in total. The van der Waals surface area contributed by atoms with Gasteiger partial charge in [-0.2, -0.15) is 4.98 Å². The largest absolute Gasteiger partial charge is 0.488 e. The summed E-state index contributed by atoms with van der Waals surface area (Å²) in [5.74, 6) is -0.300. The average molecular weight is 388 g/mol. The molecule has 4 rings (SSSR count). The number of ether oxygens (including phenoxy) is 2. The van der Waals surface area contributed by atoms with Crippen LogP contribution in [0.3, 0.4) is 0 Å². The van der Waals surface area contributed by atoms with Crippen LogP contribution in [0, 0.1) is 18.6 Å². The summed E-state index contributed by atoms with van der Waals surface area (Å²) in [6.45, 7) is 3.34. The maximum atomic E-state index is 13.4. The lowest BCUT2D eigenvalue weighted by atomic mass is 10.1. The van der Waals surface area contributed by atoms with Gasteiger partial charge >= 0.3 is 0 Å². The van der Waals surface area contributed by atoms with Crippen LogP contribution in [0.1, 0.15) is 19.8 Å². The second-order valence-corrected chi connectivity index (χ2v) is 6.76. The molecule has 148 valence electrons. The zero-order valence-corrected chi connectivity index (χ0v) is 15.4. The molecule has 2 heterocycles. The molecule has 28 heavy (non-hydrogen) atoms. The summed E-state index contributed by atoms with van der Waals surface area (Å²) in [6, 6.07) is 8.95. The van der Waals surface area contributed by atoms with Crippen LogP contribution < -0.4 is 10.1 Å². The number of anilines is 2. The number of benzene rings is 2. The molecular weight excluding hydrogens is 366 g/mol. The van der Waals surface area contributed by atoms with Crippen molar-refractivity contribution in [3.63, 3.8) is 0 Å². The topological polar surface area (TPSA) is 61.2 Å². The molecule has 0 bridgehead atoms. The number of hydrogen-bond acceptors (Lipinski definition) is 5. The monoisotopic (exact) mass is 388 g/mol. The Morgan fingerprint density at radius 1 is 1.18 bits per heavy atom. The van der Waals surface area contributed by atoms with Crippen LogP contribution in [0.4, 0.5) is 20.4 Å². The molecule has 1 fully saturated rings. The van der Waals surface area contributed by atoms with Crippen molar-refractivity contribution >= 4 is 11.6 Å². The predicted octanol–water partition coefficient (Wildman–Crippen LogP) is 4.40. The van der Waals surface area contributed by atoms with E-state index in [0.29, 0.717) is 12.6 Å². The Morgan fingerprint density at radius 2 is 2.00 bits per heavy atom. The number of rotatable bonds is 5. The highest BCUT2D eigenvalue weighted by atomic mass is 19.1. The summed E-state index contributed by atoms with van der Waals surface area (Å²) in [5.41, 5.74) is 2.03. The fraction of sp³-hybridized carbons (Fsp3) is 0.300. The summed E-state index contributed by atoms with van der Waals surface area (Å²) < 4.78 is 39.6. The van der Waals surface area contributed by atoms with Gasteiger partial charge in [0.2, 0.25) is 5.95 Å². The van der Waals surface area contributed by atoms with Crippen molar-refractivity contribution < 1.29 is 19.7 Å². The van der Waals surface area contributed by atoms with Gasteiger partial charge in [-0.25, -0.2) is 13.5 Å². The number of nitrogens with zero attached hydrogens (tertiary/aromatic N) is 3. The van der Waals surface area contributed by atoms with Gasteiger partial charge in [-0.05, 0) is 49.6 Å². The molecule has 2 aromatic carbocycles. The van der Waals surface area contributed by atoms with Crippen LogP contribution in [0.2, 0.25) is 0 Å². The maximum Gasteiger partial charge on any atom is 0.246 e. The molecule has 1 saturated heterocycles. The van der Waals surface area contributed by atoms with Gasteiger partial charge in [0.25, 0.3) is 0 Å². The van der Waals surface area contributed by atoms with Crippen LogP contribution in [0.25, 0.3) is 5.69 Å². The minimum absolute atomic E-state index is 0. The van der Waals surface area contributed by atoms with Gasteiger partial charge in [0, 0.05) is 25.9 Å². The molecule has 1 atom stereocenters. The lowest BCUT2D eigenvalue weighted by molar-refractivity contribution is 0.00744. The summed E-state index contributed by atoms with van der Waals surface area (Å²) >= 11 is 0. The van der Waals surface area contributed by atoms with Crippen LogP contribution in [-0.4, -0.2) is 34.1 Å². The molecule has 1 aliphatic rings.